The SMILES string of the molecule is Cc1cccc2ncnc(Oc3cccc(Cl)c3C#N)c12. The maximum Gasteiger partial charge on any atom is 0.230 e. The lowest BCUT2D eigenvalue weighted by Gasteiger charge is -2.10. The predicted octanol–water partition coefficient (Wildman–Crippen LogP) is 4.26. The highest BCUT2D eigenvalue weighted by Gasteiger charge is 2.12. The van der Waals surface area contributed by atoms with E-state index in [1.165, 1.54) is 6.33 Å². The number of benzene rings is 2. The number of hydrogen-bond acceptors (Lipinski definition) is 4. The van der Waals surface area contributed by atoms with Crippen molar-refractivity contribution < 1.29 is 4.74 Å². The normalized spacial score (nSPS) is 10.3. The van der Waals surface area contributed by atoms with Crippen molar-refractivity contribution in [3.8, 4) is 17.7 Å². The van der Waals surface area contributed by atoms with Crippen molar-refractivity contribution in [2.75, 3.05) is 0 Å². The Balaban J connectivity index is 2.16. The monoisotopic (exact) mass is 295 g/mol. The molecule has 3 rings (SSSR count). The summed E-state index contributed by atoms with van der Waals surface area (Å²) in [6, 6.07) is 12.9. The molecule has 0 aliphatic heterocycles. The van der Waals surface area contributed by atoms with Crippen LogP contribution in [0.15, 0.2) is 42.7 Å². The minimum Gasteiger partial charge on any atom is -0.437 e. The zero-order chi connectivity index (χ0) is 14.8. The van der Waals surface area contributed by atoms with Gasteiger partial charge in [0.25, 0.3) is 0 Å². The van der Waals surface area contributed by atoms with Crippen LogP contribution >= 0.6 is 11.6 Å². The quantitative estimate of drug-likeness (QED) is 0.709. The first-order valence-corrected chi connectivity index (χ1v) is 6.65. The molecule has 0 saturated carbocycles. The molecule has 3 aromatic rings. The molecule has 1 heterocycles. The Hall–Kier alpha value is -2.64. The number of halogens is 1. The van der Waals surface area contributed by atoms with E-state index in [4.69, 9.17) is 16.3 Å². The molecule has 0 saturated heterocycles. The van der Waals surface area contributed by atoms with Gasteiger partial charge >= 0.3 is 0 Å². The van der Waals surface area contributed by atoms with Crippen LogP contribution in [-0.2, 0) is 0 Å². The van der Waals surface area contributed by atoms with Crippen molar-refractivity contribution in [1.82, 2.24) is 9.97 Å². The molecule has 4 nitrogen and oxygen atoms in total. The van der Waals surface area contributed by atoms with Crippen molar-refractivity contribution in [3.63, 3.8) is 0 Å². The molecule has 0 amide bonds. The minimum absolute atomic E-state index is 0.291. The van der Waals surface area contributed by atoms with Crippen LogP contribution in [0.25, 0.3) is 10.9 Å². The number of ether oxygens (including phenoxy) is 1. The van der Waals surface area contributed by atoms with Gasteiger partial charge in [0.05, 0.1) is 15.9 Å². The van der Waals surface area contributed by atoms with Crippen molar-refractivity contribution in [1.29, 1.82) is 5.26 Å². The molecule has 5 heteroatoms. The second kappa shape index (κ2) is 5.39. The Morgan fingerprint density at radius 3 is 2.76 bits per heavy atom. The number of aryl methyl sites for hydroxylation is 1. The first-order chi connectivity index (χ1) is 10.2. The number of rotatable bonds is 2. The fraction of sp³-hybridized carbons (Fsp3) is 0.0625. The van der Waals surface area contributed by atoms with Gasteiger partial charge in [-0.25, -0.2) is 9.97 Å². The van der Waals surface area contributed by atoms with Gasteiger partial charge in [-0.3, -0.25) is 0 Å². The standard InChI is InChI=1S/C16H10ClN3O/c1-10-4-2-6-13-15(10)16(20-9-19-13)21-14-7-3-5-12(17)11(14)8-18/h2-7,9H,1H3. The molecule has 0 atom stereocenters. The lowest BCUT2D eigenvalue weighted by atomic mass is 10.1. The Labute approximate surface area is 126 Å². The number of nitrogens with zero attached hydrogens (tertiary/aromatic N) is 3. The molecule has 0 bridgehead atoms. The van der Waals surface area contributed by atoms with Gasteiger partial charge in [0.2, 0.25) is 5.88 Å². The van der Waals surface area contributed by atoms with Gasteiger partial charge in [-0.2, -0.15) is 5.26 Å². The fourth-order valence-corrected chi connectivity index (χ4v) is 2.33. The summed E-state index contributed by atoms with van der Waals surface area (Å²) in [6.07, 6.45) is 1.44. The first kappa shape index (κ1) is 13.3. The van der Waals surface area contributed by atoms with Crippen LogP contribution in [0.5, 0.6) is 11.6 Å². The third-order valence-corrected chi connectivity index (χ3v) is 3.45. The van der Waals surface area contributed by atoms with E-state index in [-0.39, 0.29) is 0 Å². The van der Waals surface area contributed by atoms with Crippen LogP contribution < -0.4 is 4.74 Å². The largest absolute Gasteiger partial charge is 0.437 e. The van der Waals surface area contributed by atoms with Crippen molar-refractivity contribution >= 4 is 22.5 Å². The second-order valence-electron chi connectivity index (χ2n) is 4.47. The van der Waals surface area contributed by atoms with Gasteiger partial charge in [-0.05, 0) is 30.7 Å². The summed E-state index contributed by atoms with van der Waals surface area (Å²) in [6.45, 7) is 1.96. The van der Waals surface area contributed by atoms with E-state index in [0.717, 1.165) is 16.5 Å². The summed E-state index contributed by atoms with van der Waals surface area (Å²) in [7, 11) is 0. The highest BCUT2D eigenvalue weighted by Crippen LogP contribution is 2.32. The molecule has 21 heavy (non-hydrogen) atoms. The van der Waals surface area contributed by atoms with E-state index >= 15 is 0 Å². The maximum atomic E-state index is 9.20. The average molecular weight is 296 g/mol. The van der Waals surface area contributed by atoms with E-state index in [0.29, 0.717) is 22.2 Å². The molecular weight excluding hydrogens is 286 g/mol. The fourth-order valence-electron chi connectivity index (χ4n) is 2.13. The Kier molecular flexibility index (Phi) is 3.43. The van der Waals surface area contributed by atoms with Gasteiger partial charge in [-0.1, -0.05) is 29.8 Å². The van der Waals surface area contributed by atoms with Gasteiger partial charge < -0.3 is 4.74 Å². The minimum atomic E-state index is 0.291. The van der Waals surface area contributed by atoms with E-state index in [2.05, 4.69) is 9.97 Å². The van der Waals surface area contributed by atoms with Crippen molar-refractivity contribution in [2.24, 2.45) is 0 Å². The number of aromatic nitrogens is 2. The number of fused-ring (bicyclic) bond motifs is 1. The average Bonchev–Trinajstić information content (AvgIpc) is 2.48. The molecule has 1 aromatic heterocycles. The molecule has 0 aliphatic carbocycles. The van der Waals surface area contributed by atoms with Gasteiger partial charge in [0, 0.05) is 0 Å². The molecule has 0 unspecified atom stereocenters. The van der Waals surface area contributed by atoms with Gasteiger partial charge in [0.1, 0.15) is 23.7 Å². The molecule has 102 valence electrons. The molecular formula is C16H10ClN3O. The third kappa shape index (κ3) is 2.39. The van der Waals surface area contributed by atoms with E-state index in [9.17, 15) is 5.26 Å². The summed E-state index contributed by atoms with van der Waals surface area (Å²) in [4.78, 5) is 8.40. The molecule has 0 fully saturated rings. The predicted molar refractivity (Wildman–Crippen MR) is 80.5 cm³/mol. The van der Waals surface area contributed by atoms with Crippen LogP contribution in [-0.4, -0.2) is 9.97 Å². The van der Waals surface area contributed by atoms with E-state index in [1.54, 1.807) is 18.2 Å². The van der Waals surface area contributed by atoms with Crippen LogP contribution in [0.1, 0.15) is 11.1 Å². The molecule has 0 spiro atoms. The highest BCUT2D eigenvalue weighted by atomic mass is 35.5. The third-order valence-electron chi connectivity index (χ3n) is 3.13. The smallest absolute Gasteiger partial charge is 0.230 e. The Morgan fingerprint density at radius 1 is 1.14 bits per heavy atom. The highest BCUT2D eigenvalue weighted by molar-refractivity contribution is 6.31. The summed E-state index contributed by atoms with van der Waals surface area (Å²) in [5.74, 6) is 0.796. The molecule has 0 radical (unpaired) electrons. The topological polar surface area (TPSA) is 58.8 Å². The van der Waals surface area contributed by atoms with Crippen molar-refractivity contribution in [2.45, 2.75) is 6.92 Å². The number of nitriles is 1. The maximum absolute atomic E-state index is 9.20. The zero-order valence-corrected chi connectivity index (χ0v) is 11.9. The van der Waals surface area contributed by atoms with E-state index < -0.39 is 0 Å². The Morgan fingerprint density at radius 2 is 1.95 bits per heavy atom. The summed E-state index contributed by atoms with van der Waals surface area (Å²) in [5.41, 5.74) is 2.09. The second-order valence-corrected chi connectivity index (χ2v) is 4.88. The summed E-state index contributed by atoms with van der Waals surface area (Å²) < 4.78 is 5.82. The van der Waals surface area contributed by atoms with Crippen LogP contribution in [0.2, 0.25) is 5.02 Å². The number of hydrogen-bond donors (Lipinski definition) is 0. The summed E-state index contributed by atoms with van der Waals surface area (Å²) in [5, 5.41) is 10.4. The molecule has 2 aromatic carbocycles. The summed E-state index contributed by atoms with van der Waals surface area (Å²) >= 11 is 6.01. The van der Waals surface area contributed by atoms with Crippen molar-refractivity contribution in [3.05, 3.63) is 58.9 Å². The first-order valence-electron chi connectivity index (χ1n) is 6.27. The lowest BCUT2D eigenvalue weighted by Crippen LogP contribution is -1.95. The zero-order valence-electron chi connectivity index (χ0n) is 11.2. The van der Waals surface area contributed by atoms with Gasteiger partial charge in [0.15, 0.2) is 0 Å². The van der Waals surface area contributed by atoms with Crippen LogP contribution in [0.4, 0.5) is 0 Å². The lowest BCUT2D eigenvalue weighted by molar-refractivity contribution is 0.466. The Bertz CT molecular complexity index is 866. The van der Waals surface area contributed by atoms with Crippen LogP contribution in [0, 0.1) is 18.3 Å². The van der Waals surface area contributed by atoms with E-state index in [1.807, 2.05) is 31.2 Å². The van der Waals surface area contributed by atoms with Crippen LogP contribution in [0.3, 0.4) is 0 Å². The molecule has 0 aliphatic rings. The van der Waals surface area contributed by atoms with Gasteiger partial charge in [-0.15, -0.1) is 0 Å². The molecule has 0 N–H and O–H groups in total.